The number of likely N-dealkylation sites (tertiary alicyclic amines) is 1. The maximum Gasteiger partial charge on any atom is 0.339 e. The molecule has 0 bridgehead atoms. The molecule has 3 atom stereocenters. The number of ether oxygens (including phenoxy) is 1. The first-order chi connectivity index (χ1) is 17.9. The van der Waals surface area contributed by atoms with Crippen LogP contribution in [0.4, 0.5) is 0 Å². The smallest absolute Gasteiger partial charge is 0.339 e. The number of nitrogens with zero attached hydrogens (tertiary/aromatic N) is 1. The fourth-order valence-electron chi connectivity index (χ4n) is 6.78. The summed E-state index contributed by atoms with van der Waals surface area (Å²) in [6, 6.07) is 12.9. The summed E-state index contributed by atoms with van der Waals surface area (Å²) in [6.07, 6.45) is 8.00. The van der Waals surface area contributed by atoms with E-state index in [1.165, 1.54) is 0 Å². The van der Waals surface area contributed by atoms with E-state index in [2.05, 4.69) is 0 Å². The highest BCUT2D eigenvalue weighted by molar-refractivity contribution is 6.30. The fourth-order valence-corrected chi connectivity index (χ4v) is 6.90. The number of amides is 1. The van der Waals surface area contributed by atoms with Gasteiger partial charge in [0.15, 0.2) is 6.61 Å². The predicted octanol–water partition coefficient (Wildman–Crippen LogP) is 5.60. The van der Waals surface area contributed by atoms with Crippen molar-refractivity contribution in [2.75, 3.05) is 13.2 Å². The van der Waals surface area contributed by atoms with Crippen LogP contribution in [0, 0.1) is 5.92 Å². The molecular formula is C30H32ClNO5. The minimum Gasteiger partial charge on any atom is -0.484 e. The first-order valence-corrected chi connectivity index (χ1v) is 13.8. The number of carbonyl (C=O) groups excluding carboxylic acids is 1. The lowest BCUT2D eigenvalue weighted by Gasteiger charge is -2.52. The molecule has 3 aliphatic rings. The van der Waals surface area contributed by atoms with Crippen molar-refractivity contribution in [3.05, 3.63) is 74.6 Å². The summed E-state index contributed by atoms with van der Waals surface area (Å²) >= 11 is 6.15. The van der Waals surface area contributed by atoms with Gasteiger partial charge in [-0.25, -0.2) is 4.79 Å². The first-order valence-electron chi connectivity index (χ1n) is 13.4. The van der Waals surface area contributed by atoms with Gasteiger partial charge in [0, 0.05) is 34.5 Å². The SMILES string of the molecule is O=C(COc1ccc2c3c(c(=O)oc2c1)CCCC3)N1CC[C@@]2(O)CCCC[C@@H]2[C@@H]1c1ccc(Cl)cc1. The third kappa shape index (κ3) is 4.55. The zero-order valence-corrected chi connectivity index (χ0v) is 21.6. The minimum absolute atomic E-state index is 0.0266. The second-order valence-electron chi connectivity index (χ2n) is 10.8. The van der Waals surface area contributed by atoms with E-state index >= 15 is 0 Å². The summed E-state index contributed by atoms with van der Waals surface area (Å²) in [5, 5.41) is 13.1. The van der Waals surface area contributed by atoms with Crippen molar-refractivity contribution >= 4 is 28.5 Å². The normalized spacial score (nSPS) is 25.4. The number of hydrogen-bond acceptors (Lipinski definition) is 5. The Kier molecular flexibility index (Phi) is 6.49. The Bertz CT molecular complexity index is 1380. The van der Waals surface area contributed by atoms with E-state index < -0.39 is 5.60 Å². The number of hydrogen-bond donors (Lipinski definition) is 1. The molecule has 2 aromatic carbocycles. The van der Waals surface area contributed by atoms with E-state index in [-0.39, 0.29) is 30.1 Å². The van der Waals surface area contributed by atoms with Gasteiger partial charge < -0.3 is 19.2 Å². The Balaban J connectivity index is 1.24. The number of aryl methyl sites for hydroxylation is 1. The number of rotatable bonds is 4. The molecule has 0 spiro atoms. The molecule has 1 amide bonds. The quantitative estimate of drug-likeness (QED) is 0.452. The van der Waals surface area contributed by atoms with Crippen molar-refractivity contribution in [3.63, 3.8) is 0 Å². The Morgan fingerprint density at radius 2 is 1.84 bits per heavy atom. The zero-order valence-electron chi connectivity index (χ0n) is 20.9. The Morgan fingerprint density at radius 1 is 1.05 bits per heavy atom. The number of halogens is 1. The molecule has 194 valence electrons. The maximum atomic E-state index is 13.5. The third-order valence-electron chi connectivity index (χ3n) is 8.66. The minimum atomic E-state index is -0.755. The second kappa shape index (κ2) is 9.80. The largest absolute Gasteiger partial charge is 0.484 e. The van der Waals surface area contributed by atoms with Crippen LogP contribution in [0.25, 0.3) is 11.0 Å². The summed E-state index contributed by atoms with van der Waals surface area (Å²) < 4.78 is 11.5. The average Bonchev–Trinajstić information content (AvgIpc) is 2.91. The maximum absolute atomic E-state index is 13.5. The van der Waals surface area contributed by atoms with Crippen LogP contribution in [0.3, 0.4) is 0 Å². The number of fused-ring (bicyclic) bond motifs is 4. The molecule has 2 fully saturated rings. The molecule has 6 rings (SSSR count). The molecule has 1 saturated heterocycles. The molecule has 1 saturated carbocycles. The summed E-state index contributed by atoms with van der Waals surface area (Å²) in [5.41, 5.74) is 2.34. The molecule has 0 unspecified atom stereocenters. The van der Waals surface area contributed by atoms with E-state index in [0.717, 1.165) is 73.4 Å². The van der Waals surface area contributed by atoms with Crippen LogP contribution in [0.2, 0.25) is 5.02 Å². The van der Waals surface area contributed by atoms with Crippen LogP contribution in [0.5, 0.6) is 5.75 Å². The van der Waals surface area contributed by atoms with E-state index in [1.807, 2.05) is 41.3 Å². The van der Waals surface area contributed by atoms with Crippen LogP contribution >= 0.6 is 11.6 Å². The van der Waals surface area contributed by atoms with Gasteiger partial charge in [-0.15, -0.1) is 0 Å². The van der Waals surface area contributed by atoms with Gasteiger partial charge in [-0.05, 0) is 80.3 Å². The van der Waals surface area contributed by atoms with Gasteiger partial charge in [-0.1, -0.05) is 36.6 Å². The summed E-state index contributed by atoms with van der Waals surface area (Å²) in [7, 11) is 0. The first kappa shape index (κ1) is 24.5. The van der Waals surface area contributed by atoms with E-state index in [0.29, 0.717) is 29.3 Å². The molecular weight excluding hydrogens is 490 g/mol. The second-order valence-corrected chi connectivity index (χ2v) is 11.2. The third-order valence-corrected chi connectivity index (χ3v) is 8.91. The number of aliphatic hydroxyl groups is 1. The van der Waals surface area contributed by atoms with Gasteiger partial charge in [0.05, 0.1) is 11.6 Å². The lowest BCUT2D eigenvalue weighted by atomic mass is 9.66. The predicted molar refractivity (Wildman–Crippen MR) is 142 cm³/mol. The van der Waals surface area contributed by atoms with Crippen molar-refractivity contribution in [3.8, 4) is 5.75 Å². The molecule has 1 aliphatic heterocycles. The molecule has 3 aromatic rings. The lowest BCUT2D eigenvalue weighted by Crippen LogP contribution is -2.56. The van der Waals surface area contributed by atoms with Crippen molar-refractivity contribution < 1.29 is 19.1 Å². The van der Waals surface area contributed by atoms with Crippen LogP contribution in [0.1, 0.15) is 67.7 Å². The Labute approximate surface area is 221 Å². The summed E-state index contributed by atoms with van der Waals surface area (Å²) in [4.78, 5) is 27.9. The molecule has 6 nitrogen and oxygen atoms in total. The highest BCUT2D eigenvalue weighted by atomic mass is 35.5. The van der Waals surface area contributed by atoms with Crippen molar-refractivity contribution in [2.45, 2.75) is 69.4 Å². The molecule has 1 aromatic heterocycles. The molecule has 0 radical (unpaired) electrons. The molecule has 2 heterocycles. The van der Waals surface area contributed by atoms with Gasteiger partial charge >= 0.3 is 5.63 Å². The van der Waals surface area contributed by atoms with Crippen molar-refractivity contribution in [1.82, 2.24) is 4.90 Å². The van der Waals surface area contributed by atoms with Gasteiger partial charge in [0.1, 0.15) is 11.3 Å². The van der Waals surface area contributed by atoms with Gasteiger partial charge in [-0.2, -0.15) is 0 Å². The Hall–Kier alpha value is -2.83. The lowest BCUT2D eigenvalue weighted by molar-refractivity contribution is -0.157. The Morgan fingerprint density at radius 3 is 2.65 bits per heavy atom. The molecule has 1 N–H and O–H groups in total. The highest BCUT2D eigenvalue weighted by Crippen LogP contribution is 2.49. The number of carbonyl (C=O) groups is 1. The monoisotopic (exact) mass is 521 g/mol. The number of piperidine rings is 1. The summed E-state index contributed by atoms with van der Waals surface area (Å²) in [5.74, 6) is 0.342. The number of benzene rings is 2. The topological polar surface area (TPSA) is 80.0 Å². The molecule has 2 aliphatic carbocycles. The van der Waals surface area contributed by atoms with Gasteiger partial charge in [-0.3, -0.25) is 4.79 Å². The molecule has 37 heavy (non-hydrogen) atoms. The van der Waals surface area contributed by atoms with E-state index in [9.17, 15) is 14.7 Å². The van der Waals surface area contributed by atoms with Crippen LogP contribution in [0.15, 0.2) is 51.7 Å². The average molecular weight is 522 g/mol. The van der Waals surface area contributed by atoms with E-state index in [1.54, 1.807) is 6.07 Å². The fraction of sp³-hybridized carbons (Fsp3) is 0.467. The summed E-state index contributed by atoms with van der Waals surface area (Å²) in [6.45, 7) is 0.344. The van der Waals surface area contributed by atoms with Crippen LogP contribution < -0.4 is 10.4 Å². The highest BCUT2D eigenvalue weighted by Gasteiger charge is 2.50. The van der Waals surface area contributed by atoms with Crippen LogP contribution in [-0.2, 0) is 17.6 Å². The molecule has 7 heteroatoms. The van der Waals surface area contributed by atoms with Crippen LogP contribution in [-0.4, -0.2) is 34.7 Å². The van der Waals surface area contributed by atoms with Gasteiger partial charge in [0.2, 0.25) is 0 Å². The van der Waals surface area contributed by atoms with Gasteiger partial charge in [0.25, 0.3) is 5.91 Å². The van der Waals surface area contributed by atoms with E-state index in [4.69, 9.17) is 20.8 Å². The standard InChI is InChI=1S/C30H32ClNO5/c31-20-10-8-19(9-11-20)28-25-7-3-4-14-30(25,35)15-16-32(28)27(33)18-36-21-12-13-23-22-5-1-2-6-24(22)29(34)37-26(23)17-21/h8-13,17,25,28,35H,1-7,14-16,18H2/t25-,28+,30+/m1/s1. The van der Waals surface area contributed by atoms with Crippen molar-refractivity contribution in [1.29, 1.82) is 0 Å². The zero-order chi connectivity index (χ0) is 25.6. The van der Waals surface area contributed by atoms with Crippen molar-refractivity contribution in [2.24, 2.45) is 5.92 Å².